The van der Waals surface area contributed by atoms with Crippen LogP contribution in [0.5, 0.6) is 0 Å². The Bertz CT molecular complexity index is 126. The van der Waals surface area contributed by atoms with Crippen LogP contribution in [0.25, 0.3) is 0 Å². The van der Waals surface area contributed by atoms with Crippen LogP contribution in [0, 0.1) is 12.3 Å². The zero-order valence-electron chi connectivity index (χ0n) is 7.55. The van der Waals surface area contributed by atoms with Crippen LogP contribution in [0.2, 0.25) is 0 Å². The third kappa shape index (κ3) is 5.90. The molecule has 0 aromatic heterocycles. The fourth-order valence-electron chi connectivity index (χ4n) is 0.695. The van der Waals surface area contributed by atoms with E-state index in [2.05, 4.69) is 11.2 Å². The summed E-state index contributed by atoms with van der Waals surface area (Å²) in [6.07, 6.45) is 6.17. The van der Waals surface area contributed by atoms with Crippen molar-refractivity contribution < 1.29 is 4.74 Å². The first-order valence-corrected chi connectivity index (χ1v) is 3.93. The standard InChI is InChI=1S/C9H17NO/c1-5-6-9(10-4)7-11-8(2)3/h1,8-10H,6-7H2,2-4H3. The molecule has 1 unspecified atom stereocenters. The molecule has 0 aliphatic rings. The maximum Gasteiger partial charge on any atom is 0.0632 e. The minimum atomic E-state index is 0.281. The highest BCUT2D eigenvalue weighted by Gasteiger charge is 2.04. The molecule has 0 radical (unpaired) electrons. The molecular weight excluding hydrogens is 138 g/mol. The van der Waals surface area contributed by atoms with Gasteiger partial charge in [0, 0.05) is 12.5 Å². The molecule has 0 heterocycles. The minimum absolute atomic E-state index is 0.281. The van der Waals surface area contributed by atoms with Crippen molar-refractivity contribution in [2.24, 2.45) is 0 Å². The van der Waals surface area contributed by atoms with E-state index in [1.807, 2.05) is 20.9 Å². The Balaban J connectivity index is 3.45. The Morgan fingerprint density at radius 3 is 2.55 bits per heavy atom. The van der Waals surface area contributed by atoms with E-state index in [4.69, 9.17) is 11.2 Å². The molecule has 0 aromatic rings. The Morgan fingerprint density at radius 1 is 1.55 bits per heavy atom. The fraction of sp³-hybridized carbons (Fsp3) is 0.778. The normalized spacial score (nSPS) is 13.0. The number of hydrogen-bond acceptors (Lipinski definition) is 2. The lowest BCUT2D eigenvalue weighted by Gasteiger charge is -2.15. The van der Waals surface area contributed by atoms with E-state index in [-0.39, 0.29) is 6.10 Å². The molecule has 64 valence electrons. The first-order chi connectivity index (χ1) is 5.20. The summed E-state index contributed by atoms with van der Waals surface area (Å²) in [5, 5.41) is 3.09. The lowest BCUT2D eigenvalue weighted by molar-refractivity contribution is 0.0636. The van der Waals surface area contributed by atoms with Gasteiger partial charge in [0.15, 0.2) is 0 Å². The number of ether oxygens (including phenoxy) is 1. The van der Waals surface area contributed by atoms with E-state index in [0.717, 1.165) is 6.42 Å². The maximum absolute atomic E-state index is 5.39. The van der Waals surface area contributed by atoms with Gasteiger partial charge in [0.2, 0.25) is 0 Å². The van der Waals surface area contributed by atoms with Crippen LogP contribution in [0.3, 0.4) is 0 Å². The summed E-state index contributed by atoms with van der Waals surface area (Å²) in [7, 11) is 1.89. The van der Waals surface area contributed by atoms with Gasteiger partial charge in [-0.1, -0.05) is 0 Å². The molecular formula is C9H17NO. The highest BCUT2D eigenvalue weighted by molar-refractivity contribution is 4.89. The summed E-state index contributed by atoms with van der Waals surface area (Å²) in [4.78, 5) is 0. The molecule has 0 spiro atoms. The lowest BCUT2D eigenvalue weighted by atomic mass is 10.2. The van der Waals surface area contributed by atoms with E-state index < -0.39 is 0 Å². The van der Waals surface area contributed by atoms with Gasteiger partial charge in [0.05, 0.1) is 12.7 Å². The van der Waals surface area contributed by atoms with Crippen LogP contribution < -0.4 is 5.32 Å². The smallest absolute Gasteiger partial charge is 0.0632 e. The van der Waals surface area contributed by atoms with Crippen LogP contribution >= 0.6 is 0 Å². The first kappa shape index (κ1) is 10.5. The third-order valence-electron chi connectivity index (χ3n) is 1.40. The zero-order valence-corrected chi connectivity index (χ0v) is 7.55. The van der Waals surface area contributed by atoms with Crippen LogP contribution in [0.15, 0.2) is 0 Å². The van der Waals surface area contributed by atoms with Crippen molar-refractivity contribution in [3.8, 4) is 12.3 Å². The molecule has 1 atom stereocenters. The van der Waals surface area contributed by atoms with Crippen LogP contribution in [0.1, 0.15) is 20.3 Å². The number of terminal acetylenes is 1. The first-order valence-electron chi connectivity index (χ1n) is 3.93. The largest absolute Gasteiger partial charge is 0.377 e. The summed E-state index contributed by atoms with van der Waals surface area (Å²) >= 11 is 0. The Hall–Kier alpha value is -0.520. The van der Waals surface area contributed by atoms with Crippen molar-refractivity contribution in [2.45, 2.75) is 32.4 Å². The van der Waals surface area contributed by atoms with Crippen molar-refractivity contribution in [3.63, 3.8) is 0 Å². The van der Waals surface area contributed by atoms with Crippen molar-refractivity contribution in [2.75, 3.05) is 13.7 Å². The van der Waals surface area contributed by atoms with Crippen LogP contribution in [0.4, 0.5) is 0 Å². The van der Waals surface area contributed by atoms with Gasteiger partial charge in [-0.3, -0.25) is 0 Å². The molecule has 0 saturated heterocycles. The van der Waals surface area contributed by atoms with Crippen LogP contribution in [-0.2, 0) is 4.74 Å². The van der Waals surface area contributed by atoms with E-state index in [1.54, 1.807) is 0 Å². The molecule has 0 aliphatic carbocycles. The Labute approximate surface area is 69.3 Å². The van der Waals surface area contributed by atoms with E-state index in [9.17, 15) is 0 Å². The summed E-state index contributed by atoms with van der Waals surface area (Å²) in [6.45, 7) is 4.73. The molecule has 0 aliphatic heterocycles. The van der Waals surface area contributed by atoms with E-state index >= 15 is 0 Å². The highest BCUT2D eigenvalue weighted by atomic mass is 16.5. The minimum Gasteiger partial charge on any atom is -0.377 e. The predicted molar refractivity (Wildman–Crippen MR) is 47.4 cm³/mol. The molecule has 0 rings (SSSR count). The molecule has 0 amide bonds. The van der Waals surface area contributed by atoms with Gasteiger partial charge in [-0.2, -0.15) is 0 Å². The summed E-state index contributed by atoms with van der Waals surface area (Å²) in [6, 6.07) is 0.294. The average Bonchev–Trinajstić information content (AvgIpc) is 1.97. The van der Waals surface area contributed by atoms with Crippen LogP contribution in [-0.4, -0.2) is 25.8 Å². The van der Waals surface area contributed by atoms with Crippen molar-refractivity contribution in [3.05, 3.63) is 0 Å². The lowest BCUT2D eigenvalue weighted by Crippen LogP contribution is -2.30. The van der Waals surface area contributed by atoms with Crippen molar-refractivity contribution >= 4 is 0 Å². The van der Waals surface area contributed by atoms with Crippen molar-refractivity contribution in [1.82, 2.24) is 5.32 Å². The average molecular weight is 155 g/mol. The molecule has 11 heavy (non-hydrogen) atoms. The highest BCUT2D eigenvalue weighted by Crippen LogP contribution is 1.94. The summed E-state index contributed by atoms with van der Waals surface area (Å²) < 4.78 is 5.39. The molecule has 1 N–H and O–H groups in total. The number of likely N-dealkylation sites (N-methyl/N-ethyl adjacent to an activating group) is 1. The number of rotatable bonds is 5. The van der Waals surface area contributed by atoms with Gasteiger partial charge in [0.25, 0.3) is 0 Å². The second-order valence-electron chi connectivity index (χ2n) is 2.78. The molecule has 0 aromatic carbocycles. The second-order valence-corrected chi connectivity index (χ2v) is 2.78. The Kier molecular flexibility index (Phi) is 5.91. The van der Waals surface area contributed by atoms with Gasteiger partial charge < -0.3 is 10.1 Å². The summed E-state index contributed by atoms with van der Waals surface area (Å²) in [5.74, 6) is 2.60. The summed E-state index contributed by atoms with van der Waals surface area (Å²) in [5.41, 5.74) is 0. The molecule has 0 fully saturated rings. The second kappa shape index (κ2) is 6.21. The van der Waals surface area contributed by atoms with Gasteiger partial charge in [-0.15, -0.1) is 12.3 Å². The topological polar surface area (TPSA) is 21.3 Å². The number of hydrogen-bond donors (Lipinski definition) is 1. The monoisotopic (exact) mass is 155 g/mol. The third-order valence-corrected chi connectivity index (χ3v) is 1.40. The molecule has 2 heteroatoms. The number of nitrogens with one attached hydrogen (secondary N) is 1. The van der Waals surface area contributed by atoms with Crippen molar-refractivity contribution in [1.29, 1.82) is 0 Å². The van der Waals surface area contributed by atoms with E-state index in [1.165, 1.54) is 0 Å². The predicted octanol–water partition coefficient (Wildman–Crippen LogP) is 1.02. The Morgan fingerprint density at radius 2 is 2.18 bits per heavy atom. The SMILES string of the molecule is C#CCC(COC(C)C)NC. The quantitative estimate of drug-likeness (QED) is 0.599. The molecule has 0 saturated carbocycles. The van der Waals surface area contributed by atoms with Gasteiger partial charge >= 0.3 is 0 Å². The molecule has 0 bridgehead atoms. The van der Waals surface area contributed by atoms with E-state index in [0.29, 0.717) is 12.6 Å². The van der Waals surface area contributed by atoms with Gasteiger partial charge in [0.1, 0.15) is 0 Å². The van der Waals surface area contributed by atoms with Gasteiger partial charge in [-0.05, 0) is 20.9 Å². The maximum atomic E-state index is 5.39. The fourth-order valence-corrected chi connectivity index (χ4v) is 0.695. The molecule has 2 nitrogen and oxygen atoms in total. The zero-order chi connectivity index (χ0) is 8.69. The van der Waals surface area contributed by atoms with Gasteiger partial charge in [-0.25, -0.2) is 0 Å².